The molecule has 0 amide bonds. The number of nitrogens with two attached hydrogens (primary N) is 2. The zero-order valence-electron chi connectivity index (χ0n) is 28.2. The van der Waals surface area contributed by atoms with E-state index < -0.39 is 24.0 Å². The van der Waals surface area contributed by atoms with Gasteiger partial charge in [0, 0.05) is 53.9 Å². The molecule has 2 aromatic heterocycles. The molecule has 9 nitrogen and oxygen atoms in total. The lowest BCUT2D eigenvalue weighted by Crippen LogP contribution is -2.44. The van der Waals surface area contributed by atoms with Gasteiger partial charge in [-0.05, 0) is 106 Å². The van der Waals surface area contributed by atoms with Crippen molar-refractivity contribution in [3.05, 3.63) is 80.9 Å². The predicted molar refractivity (Wildman–Crippen MR) is 193 cm³/mol. The molecule has 268 valence electrons. The molecule has 1 saturated carbocycles. The van der Waals surface area contributed by atoms with Crippen molar-refractivity contribution in [3.8, 4) is 16.9 Å². The summed E-state index contributed by atoms with van der Waals surface area (Å²) in [6.07, 6.45) is 10.0. The topological polar surface area (TPSA) is 142 Å². The van der Waals surface area contributed by atoms with E-state index >= 15 is 8.78 Å². The SMILES string of the molecule is N=C(CN)NCC[C@@H]1CCC[C@@H](c2ccc(-n3cc4cc(-c5cc(CCCC(N)C6CC6)cc(Cl)c5F)[nH]c4nc3=O)cc2F)N1CCCF. The summed E-state index contributed by atoms with van der Waals surface area (Å²) in [7, 11) is 0. The molecule has 1 saturated heterocycles. The summed E-state index contributed by atoms with van der Waals surface area (Å²) in [5.41, 5.74) is 13.9. The van der Waals surface area contributed by atoms with E-state index in [2.05, 4.69) is 20.2 Å². The highest BCUT2D eigenvalue weighted by molar-refractivity contribution is 6.31. The normalized spacial score (nSPS) is 18.8. The number of aromatic nitrogens is 3. The van der Waals surface area contributed by atoms with Crippen LogP contribution in [0.1, 0.15) is 75.0 Å². The predicted octanol–water partition coefficient (Wildman–Crippen LogP) is 6.54. The number of piperidine rings is 1. The lowest BCUT2D eigenvalue weighted by Gasteiger charge is -2.43. The van der Waals surface area contributed by atoms with E-state index in [1.54, 1.807) is 36.5 Å². The van der Waals surface area contributed by atoms with Crippen LogP contribution in [0.3, 0.4) is 0 Å². The number of nitrogens with one attached hydrogen (secondary N) is 3. The van der Waals surface area contributed by atoms with Gasteiger partial charge < -0.3 is 21.8 Å². The van der Waals surface area contributed by atoms with E-state index in [1.165, 1.54) is 23.5 Å². The summed E-state index contributed by atoms with van der Waals surface area (Å²) in [5.74, 6) is -0.152. The van der Waals surface area contributed by atoms with Crippen LogP contribution in [0.25, 0.3) is 28.0 Å². The van der Waals surface area contributed by atoms with Crippen LogP contribution in [0.5, 0.6) is 0 Å². The van der Waals surface area contributed by atoms with Crippen molar-refractivity contribution in [2.24, 2.45) is 17.4 Å². The molecular formula is C37H46ClF3N8O. The van der Waals surface area contributed by atoms with Crippen molar-refractivity contribution >= 4 is 28.5 Å². The van der Waals surface area contributed by atoms with E-state index in [4.69, 9.17) is 28.5 Å². The van der Waals surface area contributed by atoms with Crippen LogP contribution in [0.2, 0.25) is 5.02 Å². The molecular weight excluding hydrogens is 665 g/mol. The summed E-state index contributed by atoms with van der Waals surface area (Å²) < 4.78 is 45.8. The third kappa shape index (κ3) is 8.25. The van der Waals surface area contributed by atoms with Gasteiger partial charge in [-0.3, -0.25) is 19.3 Å². The van der Waals surface area contributed by atoms with E-state index in [9.17, 15) is 9.18 Å². The monoisotopic (exact) mass is 710 g/mol. The fourth-order valence-corrected chi connectivity index (χ4v) is 7.61. The van der Waals surface area contributed by atoms with Gasteiger partial charge in [-0.25, -0.2) is 13.6 Å². The van der Waals surface area contributed by atoms with Crippen LogP contribution < -0.4 is 22.5 Å². The molecule has 3 heterocycles. The molecule has 6 rings (SSSR count). The molecule has 13 heteroatoms. The molecule has 1 aliphatic carbocycles. The number of nitrogens with zero attached hydrogens (tertiary/aromatic N) is 3. The summed E-state index contributed by atoms with van der Waals surface area (Å²) >= 11 is 6.31. The molecule has 0 radical (unpaired) electrons. The quantitative estimate of drug-likeness (QED) is 0.0701. The maximum absolute atomic E-state index is 16.0. The van der Waals surface area contributed by atoms with Crippen molar-refractivity contribution in [1.82, 2.24) is 24.8 Å². The molecule has 1 aliphatic heterocycles. The first-order chi connectivity index (χ1) is 24.2. The maximum Gasteiger partial charge on any atom is 0.354 e. The molecule has 2 aliphatic rings. The Morgan fingerprint density at radius 3 is 2.70 bits per heavy atom. The van der Waals surface area contributed by atoms with Crippen molar-refractivity contribution in [3.63, 3.8) is 0 Å². The van der Waals surface area contributed by atoms with Crippen molar-refractivity contribution in [1.29, 1.82) is 5.41 Å². The first kappa shape index (κ1) is 36.1. The largest absolute Gasteiger partial charge is 0.373 e. The highest BCUT2D eigenvalue weighted by atomic mass is 35.5. The Morgan fingerprint density at radius 1 is 1.14 bits per heavy atom. The molecule has 3 atom stereocenters. The van der Waals surface area contributed by atoms with Crippen molar-refractivity contribution in [2.75, 3.05) is 26.3 Å². The van der Waals surface area contributed by atoms with Gasteiger partial charge in [0.2, 0.25) is 0 Å². The molecule has 7 N–H and O–H groups in total. The van der Waals surface area contributed by atoms with Gasteiger partial charge in [-0.15, -0.1) is 0 Å². The number of aryl methyl sites for hydroxylation is 1. The Labute approximate surface area is 295 Å². The lowest BCUT2D eigenvalue weighted by molar-refractivity contribution is 0.0721. The van der Waals surface area contributed by atoms with Crippen LogP contribution in [0.15, 0.2) is 47.4 Å². The van der Waals surface area contributed by atoms with Gasteiger partial charge in [-0.1, -0.05) is 17.7 Å². The summed E-state index contributed by atoms with van der Waals surface area (Å²) in [6, 6.07) is 9.89. The smallest absolute Gasteiger partial charge is 0.354 e. The van der Waals surface area contributed by atoms with Crippen molar-refractivity contribution < 1.29 is 13.2 Å². The highest BCUT2D eigenvalue weighted by Gasteiger charge is 2.33. The number of aromatic amines is 1. The van der Waals surface area contributed by atoms with Gasteiger partial charge in [0.05, 0.1) is 29.6 Å². The van der Waals surface area contributed by atoms with Crippen LogP contribution in [-0.2, 0) is 6.42 Å². The number of benzene rings is 2. The summed E-state index contributed by atoms with van der Waals surface area (Å²) in [5, 5.41) is 11.3. The zero-order valence-corrected chi connectivity index (χ0v) is 28.9. The number of hydrogen-bond donors (Lipinski definition) is 5. The first-order valence-corrected chi connectivity index (χ1v) is 18.0. The summed E-state index contributed by atoms with van der Waals surface area (Å²) in [6.45, 7) is 0.708. The second-order valence-electron chi connectivity index (χ2n) is 13.7. The Bertz CT molecular complexity index is 1880. The van der Waals surface area contributed by atoms with Crippen LogP contribution in [-0.4, -0.2) is 63.7 Å². The number of halogens is 4. The van der Waals surface area contributed by atoms with E-state index in [-0.39, 0.29) is 46.7 Å². The molecule has 0 bridgehead atoms. The minimum absolute atomic E-state index is 0.0158. The van der Waals surface area contributed by atoms with E-state index in [0.29, 0.717) is 54.2 Å². The first-order valence-electron chi connectivity index (χ1n) is 17.7. The van der Waals surface area contributed by atoms with Gasteiger partial charge in [0.15, 0.2) is 5.82 Å². The lowest BCUT2D eigenvalue weighted by atomic mass is 9.88. The van der Waals surface area contributed by atoms with E-state index in [1.807, 2.05) is 0 Å². The molecule has 4 aromatic rings. The number of rotatable bonds is 15. The molecule has 2 aromatic carbocycles. The van der Waals surface area contributed by atoms with E-state index in [0.717, 1.165) is 44.1 Å². The van der Waals surface area contributed by atoms with Gasteiger partial charge in [-0.2, -0.15) is 4.98 Å². The second kappa shape index (κ2) is 16.1. The number of fused-ring (bicyclic) bond motifs is 1. The number of alkyl halides is 1. The van der Waals surface area contributed by atoms with Crippen LogP contribution in [0, 0.1) is 23.0 Å². The summed E-state index contributed by atoms with van der Waals surface area (Å²) in [4.78, 5) is 22.6. The third-order valence-corrected chi connectivity index (χ3v) is 10.5. The fraction of sp³-hybridized carbons (Fsp3) is 0.486. The van der Waals surface area contributed by atoms with Crippen molar-refractivity contribution in [2.45, 2.75) is 82.3 Å². The molecule has 50 heavy (non-hydrogen) atoms. The van der Waals surface area contributed by atoms with Gasteiger partial charge in [0.1, 0.15) is 17.3 Å². The fourth-order valence-electron chi connectivity index (χ4n) is 7.37. The minimum Gasteiger partial charge on any atom is -0.373 e. The van der Waals surface area contributed by atoms with Gasteiger partial charge in [0.25, 0.3) is 0 Å². The van der Waals surface area contributed by atoms with Crippen LogP contribution in [0.4, 0.5) is 13.2 Å². The molecule has 1 unspecified atom stereocenters. The number of H-pyrrole nitrogens is 1. The number of likely N-dealkylation sites (tertiary alicyclic amines) is 1. The Balaban J connectivity index is 1.23. The zero-order chi connectivity index (χ0) is 35.4. The average Bonchev–Trinajstić information content (AvgIpc) is 3.88. The number of hydrogen-bond acceptors (Lipinski definition) is 6. The van der Waals surface area contributed by atoms with Gasteiger partial charge >= 0.3 is 5.69 Å². The minimum atomic E-state index is -0.616. The van der Waals surface area contributed by atoms with Crippen LogP contribution >= 0.6 is 11.6 Å². The highest BCUT2D eigenvalue weighted by Crippen LogP contribution is 2.38. The third-order valence-electron chi connectivity index (χ3n) is 10.2. The average molecular weight is 711 g/mol. The molecule has 0 spiro atoms. The number of amidine groups is 1. The Kier molecular flexibility index (Phi) is 11.6. The Morgan fingerprint density at radius 2 is 1.96 bits per heavy atom. The molecule has 2 fully saturated rings. The standard InChI is InChI=1S/C37H46ClF3N8O/c38-29-17-22(4-1-6-31(43)23-8-9-23)16-28(35(29)41)32-18-24-21-49(37(50)47-36(24)46-32)26-10-11-27(30(40)19-26)33-7-2-5-25(48(33)15-3-13-39)12-14-45-34(44)20-42/h10-11,16-19,21,23,25,31,33H,1-9,12-15,20,42-43H2,(H2,44,45)(H,46,47,50)/t25-,31?,33-/m0/s1. The maximum atomic E-state index is 16.0. The second-order valence-corrected chi connectivity index (χ2v) is 14.1. The Hall–Kier alpha value is -3.71.